The van der Waals surface area contributed by atoms with E-state index in [9.17, 15) is 4.79 Å². The second-order valence-electron chi connectivity index (χ2n) is 7.16. The molecular formula is C20H29N3O2. The number of nitrogens with one attached hydrogen (secondary N) is 1. The van der Waals surface area contributed by atoms with Gasteiger partial charge in [-0.25, -0.2) is 4.79 Å². The Hall–Kier alpha value is -1.85. The molecule has 0 aliphatic carbocycles. The van der Waals surface area contributed by atoms with Gasteiger partial charge in [-0.05, 0) is 25.3 Å². The molecule has 2 aliphatic rings. The van der Waals surface area contributed by atoms with E-state index in [0.29, 0.717) is 6.54 Å². The molecule has 2 aliphatic heterocycles. The molecule has 5 nitrogen and oxygen atoms in total. The number of piperazine rings is 1. The Morgan fingerprint density at radius 2 is 2.00 bits per heavy atom. The zero-order valence-corrected chi connectivity index (χ0v) is 15.1. The summed E-state index contributed by atoms with van der Waals surface area (Å²) in [7, 11) is 0. The number of carbonyl (C=O) groups is 1. The van der Waals surface area contributed by atoms with E-state index >= 15 is 0 Å². The van der Waals surface area contributed by atoms with Crippen molar-refractivity contribution in [2.75, 3.05) is 45.9 Å². The molecule has 3 rings (SSSR count). The minimum Gasteiger partial charge on any atom is -0.373 e. The Morgan fingerprint density at radius 1 is 1.24 bits per heavy atom. The second-order valence-corrected chi connectivity index (χ2v) is 7.16. The van der Waals surface area contributed by atoms with Crippen LogP contribution >= 0.6 is 0 Å². The number of hydrogen-bond donors (Lipinski definition) is 1. The minimum absolute atomic E-state index is 0.0382. The highest BCUT2D eigenvalue weighted by molar-refractivity contribution is 5.74. The maximum absolute atomic E-state index is 12.3. The van der Waals surface area contributed by atoms with Gasteiger partial charge in [0.1, 0.15) is 0 Å². The van der Waals surface area contributed by atoms with Crippen molar-refractivity contribution < 1.29 is 9.53 Å². The summed E-state index contributed by atoms with van der Waals surface area (Å²) in [5.74, 6) is 0. The number of ether oxygens (including phenoxy) is 1. The molecule has 0 saturated carbocycles. The van der Waals surface area contributed by atoms with Gasteiger partial charge >= 0.3 is 6.03 Å². The molecule has 1 aromatic carbocycles. The summed E-state index contributed by atoms with van der Waals surface area (Å²) in [4.78, 5) is 16.6. The predicted molar refractivity (Wildman–Crippen MR) is 100 cm³/mol. The van der Waals surface area contributed by atoms with Crippen LogP contribution in [0.25, 0.3) is 6.08 Å². The Kier molecular flexibility index (Phi) is 6.10. The minimum atomic E-state index is -0.181. The largest absolute Gasteiger partial charge is 0.373 e. The molecule has 0 spiro atoms. The van der Waals surface area contributed by atoms with E-state index in [1.165, 1.54) is 5.56 Å². The van der Waals surface area contributed by atoms with Crippen molar-refractivity contribution in [2.24, 2.45) is 0 Å². The molecule has 5 heteroatoms. The number of benzene rings is 1. The maximum atomic E-state index is 12.3. The molecule has 2 amide bonds. The topological polar surface area (TPSA) is 44.8 Å². The lowest BCUT2D eigenvalue weighted by Crippen LogP contribution is -2.53. The van der Waals surface area contributed by atoms with Gasteiger partial charge in [0.25, 0.3) is 0 Å². The van der Waals surface area contributed by atoms with Crippen molar-refractivity contribution in [1.29, 1.82) is 0 Å². The molecule has 0 bridgehead atoms. The van der Waals surface area contributed by atoms with Crippen molar-refractivity contribution in [2.45, 2.75) is 25.4 Å². The van der Waals surface area contributed by atoms with Crippen LogP contribution in [0.5, 0.6) is 0 Å². The molecule has 2 fully saturated rings. The third-order valence-corrected chi connectivity index (χ3v) is 5.05. The first-order chi connectivity index (χ1) is 12.1. The van der Waals surface area contributed by atoms with Gasteiger partial charge in [0.05, 0.1) is 5.60 Å². The highest BCUT2D eigenvalue weighted by Gasteiger charge is 2.31. The fourth-order valence-electron chi connectivity index (χ4n) is 3.39. The highest BCUT2D eigenvalue weighted by atomic mass is 16.5. The zero-order chi connectivity index (χ0) is 17.5. The van der Waals surface area contributed by atoms with Gasteiger partial charge in [0.2, 0.25) is 0 Å². The van der Waals surface area contributed by atoms with Gasteiger partial charge < -0.3 is 15.0 Å². The molecular weight excluding hydrogens is 314 g/mol. The lowest BCUT2D eigenvalue weighted by molar-refractivity contribution is 0.0214. The number of nitrogens with zero attached hydrogens (tertiary/aromatic N) is 2. The molecule has 1 atom stereocenters. The van der Waals surface area contributed by atoms with Crippen LogP contribution < -0.4 is 5.32 Å². The smallest absolute Gasteiger partial charge is 0.317 e. The molecule has 136 valence electrons. The number of urea groups is 1. The van der Waals surface area contributed by atoms with Gasteiger partial charge in [0.15, 0.2) is 0 Å². The van der Waals surface area contributed by atoms with Gasteiger partial charge in [0, 0.05) is 45.9 Å². The third-order valence-electron chi connectivity index (χ3n) is 5.05. The summed E-state index contributed by atoms with van der Waals surface area (Å²) >= 11 is 0. The Bertz CT molecular complexity index is 574. The summed E-state index contributed by atoms with van der Waals surface area (Å²) < 4.78 is 5.73. The standard InChI is InChI=1S/C20H29N3O2/c1-20(10-6-16-25-20)17-21-19(24)23-14-12-22(13-15-23)11-5-9-18-7-3-2-4-8-18/h2-5,7-9H,6,10-17H2,1H3,(H,21,24). The highest BCUT2D eigenvalue weighted by Crippen LogP contribution is 2.23. The van der Waals surface area contributed by atoms with E-state index in [-0.39, 0.29) is 11.6 Å². The Labute approximate surface area is 150 Å². The van der Waals surface area contributed by atoms with Crippen LogP contribution in [0.3, 0.4) is 0 Å². The molecule has 0 aromatic heterocycles. The van der Waals surface area contributed by atoms with Gasteiger partial charge in [-0.2, -0.15) is 0 Å². The molecule has 1 aromatic rings. The fourth-order valence-corrected chi connectivity index (χ4v) is 3.39. The lowest BCUT2D eigenvalue weighted by Gasteiger charge is -2.35. The van der Waals surface area contributed by atoms with Crippen molar-refractivity contribution in [3.63, 3.8) is 0 Å². The monoisotopic (exact) mass is 343 g/mol. The number of rotatable bonds is 5. The van der Waals surface area contributed by atoms with Gasteiger partial charge in [-0.3, -0.25) is 4.90 Å². The SMILES string of the molecule is CC1(CNC(=O)N2CCN(CC=Cc3ccccc3)CC2)CCCO1. The van der Waals surface area contributed by atoms with Crippen LogP contribution in [0.1, 0.15) is 25.3 Å². The van der Waals surface area contributed by atoms with E-state index in [0.717, 1.165) is 52.2 Å². The van der Waals surface area contributed by atoms with Crippen molar-refractivity contribution in [1.82, 2.24) is 15.1 Å². The Balaban J connectivity index is 1.36. The molecule has 1 N–H and O–H groups in total. The van der Waals surface area contributed by atoms with Gasteiger partial charge in [-0.15, -0.1) is 0 Å². The van der Waals surface area contributed by atoms with Crippen LogP contribution in [-0.2, 0) is 4.74 Å². The average molecular weight is 343 g/mol. The van der Waals surface area contributed by atoms with Crippen molar-refractivity contribution in [3.8, 4) is 0 Å². The zero-order valence-electron chi connectivity index (χ0n) is 15.1. The van der Waals surface area contributed by atoms with E-state index in [1.807, 2.05) is 23.1 Å². The summed E-state index contributed by atoms with van der Waals surface area (Å²) in [5.41, 5.74) is 1.04. The van der Waals surface area contributed by atoms with Crippen LogP contribution in [-0.4, -0.2) is 67.3 Å². The van der Waals surface area contributed by atoms with Crippen LogP contribution in [0.4, 0.5) is 4.79 Å². The molecule has 25 heavy (non-hydrogen) atoms. The fraction of sp³-hybridized carbons (Fsp3) is 0.550. The van der Waals surface area contributed by atoms with Crippen LogP contribution in [0.15, 0.2) is 36.4 Å². The molecule has 1 unspecified atom stereocenters. The van der Waals surface area contributed by atoms with Gasteiger partial charge in [-0.1, -0.05) is 42.5 Å². The quantitative estimate of drug-likeness (QED) is 0.894. The first kappa shape index (κ1) is 18.0. The average Bonchev–Trinajstić information content (AvgIpc) is 3.08. The van der Waals surface area contributed by atoms with Crippen LogP contribution in [0.2, 0.25) is 0 Å². The molecule has 2 saturated heterocycles. The third kappa shape index (κ3) is 5.31. The van der Waals surface area contributed by atoms with Crippen molar-refractivity contribution >= 4 is 12.1 Å². The van der Waals surface area contributed by atoms with E-state index < -0.39 is 0 Å². The van der Waals surface area contributed by atoms with E-state index in [1.54, 1.807) is 0 Å². The maximum Gasteiger partial charge on any atom is 0.317 e. The van der Waals surface area contributed by atoms with Crippen molar-refractivity contribution in [3.05, 3.63) is 42.0 Å². The first-order valence-corrected chi connectivity index (χ1v) is 9.25. The Morgan fingerprint density at radius 3 is 2.68 bits per heavy atom. The summed E-state index contributed by atoms with van der Waals surface area (Å²) in [6.45, 7) is 7.81. The lowest BCUT2D eigenvalue weighted by atomic mass is 10.0. The van der Waals surface area contributed by atoms with Crippen LogP contribution in [0, 0.1) is 0 Å². The second kappa shape index (κ2) is 8.50. The molecule has 2 heterocycles. The van der Waals surface area contributed by atoms with E-state index in [4.69, 9.17) is 4.74 Å². The number of amides is 2. The first-order valence-electron chi connectivity index (χ1n) is 9.25. The number of hydrogen-bond acceptors (Lipinski definition) is 3. The van der Waals surface area contributed by atoms with E-state index in [2.05, 4.69) is 41.4 Å². The summed E-state index contributed by atoms with van der Waals surface area (Å²) in [6, 6.07) is 10.4. The predicted octanol–water partition coefficient (Wildman–Crippen LogP) is 2.60. The summed E-state index contributed by atoms with van der Waals surface area (Å²) in [6.07, 6.45) is 6.46. The number of carbonyl (C=O) groups excluding carboxylic acids is 1. The normalized spacial score (nSPS) is 24.8. The summed E-state index contributed by atoms with van der Waals surface area (Å²) in [5, 5.41) is 3.04. The molecule has 0 radical (unpaired) electrons.